The van der Waals surface area contributed by atoms with Crippen molar-refractivity contribution < 1.29 is 9.53 Å². The van der Waals surface area contributed by atoms with E-state index in [-0.39, 0.29) is 12.2 Å². The summed E-state index contributed by atoms with van der Waals surface area (Å²) in [6, 6.07) is 3.95. The van der Waals surface area contributed by atoms with Gasteiger partial charge in [0.25, 0.3) is 0 Å². The molecular formula is C8H9NO2S. The van der Waals surface area contributed by atoms with Crippen LogP contribution in [0.3, 0.4) is 0 Å². The van der Waals surface area contributed by atoms with Crippen LogP contribution in [0.25, 0.3) is 0 Å². The van der Waals surface area contributed by atoms with Gasteiger partial charge in [0, 0.05) is 11.9 Å². The Morgan fingerprint density at radius 2 is 2.58 bits per heavy atom. The van der Waals surface area contributed by atoms with Crippen LogP contribution in [0.5, 0.6) is 0 Å². The third-order valence-electron chi connectivity index (χ3n) is 1.85. The average Bonchev–Trinajstić information content (AvgIpc) is 2.61. The minimum Gasteiger partial charge on any atom is -0.438 e. The lowest BCUT2D eigenvalue weighted by atomic mass is 10.3. The Kier molecular flexibility index (Phi) is 1.77. The predicted octanol–water partition coefficient (Wildman–Crippen LogP) is 1.87. The molecule has 3 nitrogen and oxygen atoms in total. The lowest BCUT2D eigenvalue weighted by Gasteiger charge is -2.03. The molecule has 12 heavy (non-hydrogen) atoms. The van der Waals surface area contributed by atoms with E-state index in [9.17, 15) is 4.79 Å². The van der Waals surface area contributed by atoms with Crippen LogP contribution < -0.4 is 0 Å². The first-order valence-corrected chi connectivity index (χ1v) is 4.60. The number of amides is 1. The van der Waals surface area contributed by atoms with Crippen LogP contribution >= 0.6 is 11.3 Å². The predicted molar refractivity (Wildman–Crippen MR) is 46.2 cm³/mol. The SMILES string of the molecule is CN1CC(c2cccs2)OC1=O. The monoisotopic (exact) mass is 183 g/mol. The van der Waals surface area contributed by atoms with Gasteiger partial charge in [-0.15, -0.1) is 11.3 Å². The van der Waals surface area contributed by atoms with Gasteiger partial charge in [0.2, 0.25) is 0 Å². The molecule has 0 N–H and O–H groups in total. The van der Waals surface area contributed by atoms with E-state index < -0.39 is 0 Å². The highest BCUT2D eigenvalue weighted by Gasteiger charge is 2.29. The number of carbonyl (C=O) groups excluding carboxylic acids is 1. The van der Waals surface area contributed by atoms with Gasteiger partial charge in [0.15, 0.2) is 6.10 Å². The molecule has 1 aromatic heterocycles. The van der Waals surface area contributed by atoms with Crippen molar-refractivity contribution in [2.75, 3.05) is 13.6 Å². The van der Waals surface area contributed by atoms with E-state index in [2.05, 4.69) is 0 Å². The Balaban J connectivity index is 2.14. The highest BCUT2D eigenvalue weighted by molar-refractivity contribution is 7.10. The Labute approximate surface area is 74.6 Å². The molecule has 0 saturated carbocycles. The maximum atomic E-state index is 11.0. The number of hydrogen-bond donors (Lipinski definition) is 0. The molecule has 2 heterocycles. The topological polar surface area (TPSA) is 29.5 Å². The number of ether oxygens (including phenoxy) is 1. The second-order valence-electron chi connectivity index (χ2n) is 2.77. The molecule has 1 atom stereocenters. The number of carbonyl (C=O) groups is 1. The second kappa shape index (κ2) is 2.79. The minimum atomic E-state index is -0.228. The summed E-state index contributed by atoms with van der Waals surface area (Å²) < 4.78 is 5.12. The Morgan fingerprint density at radius 3 is 3.08 bits per heavy atom. The lowest BCUT2D eigenvalue weighted by molar-refractivity contribution is 0.136. The number of nitrogens with zero attached hydrogens (tertiary/aromatic N) is 1. The molecule has 0 aromatic carbocycles. The first kappa shape index (κ1) is 7.61. The van der Waals surface area contributed by atoms with Gasteiger partial charge in [-0.05, 0) is 11.4 Å². The van der Waals surface area contributed by atoms with E-state index in [4.69, 9.17) is 4.74 Å². The highest BCUT2D eigenvalue weighted by Crippen LogP contribution is 2.27. The van der Waals surface area contributed by atoms with Gasteiger partial charge in [-0.1, -0.05) is 6.07 Å². The van der Waals surface area contributed by atoms with Gasteiger partial charge in [-0.2, -0.15) is 0 Å². The van der Waals surface area contributed by atoms with Crippen LogP contribution in [0.1, 0.15) is 11.0 Å². The summed E-state index contributed by atoms with van der Waals surface area (Å²) in [5.74, 6) is 0. The van der Waals surface area contributed by atoms with Crippen LogP contribution in [0.15, 0.2) is 17.5 Å². The van der Waals surface area contributed by atoms with Gasteiger partial charge >= 0.3 is 6.09 Å². The van der Waals surface area contributed by atoms with E-state index in [1.165, 1.54) is 0 Å². The molecule has 1 fully saturated rings. The van der Waals surface area contributed by atoms with Crippen molar-refractivity contribution in [2.24, 2.45) is 0 Å². The molecule has 1 saturated heterocycles. The van der Waals surface area contributed by atoms with E-state index in [0.717, 1.165) is 4.88 Å². The number of likely N-dealkylation sites (N-methyl/N-ethyl adjacent to an activating group) is 1. The van der Waals surface area contributed by atoms with Crippen molar-refractivity contribution in [3.63, 3.8) is 0 Å². The molecule has 64 valence electrons. The van der Waals surface area contributed by atoms with E-state index >= 15 is 0 Å². The largest absolute Gasteiger partial charge is 0.438 e. The van der Waals surface area contributed by atoms with E-state index in [0.29, 0.717) is 6.54 Å². The van der Waals surface area contributed by atoms with Gasteiger partial charge in [-0.3, -0.25) is 0 Å². The fraction of sp³-hybridized carbons (Fsp3) is 0.375. The van der Waals surface area contributed by atoms with Crippen molar-refractivity contribution >= 4 is 17.4 Å². The van der Waals surface area contributed by atoms with Crippen molar-refractivity contribution in [2.45, 2.75) is 6.10 Å². The quantitative estimate of drug-likeness (QED) is 0.665. The Hall–Kier alpha value is -1.03. The first-order chi connectivity index (χ1) is 5.77. The summed E-state index contributed by atoms with van der Waals surface area (Å²) in [5, 5.41) is 1.99. The first-order valence-electron chi connectivity index (χ1n) is 3.72. The molecular weight excluding hydrogens is 174 g/mol. The van der Waals surface area contributed by atoms with Gasteiger partial charge in [0.1, 0.15) is 0 Å². The number of cyclic esters (lactones) is 1. The molecule has 1 unspecified atom stereocenters. The highest BCUT2D eigenvalue weighted by atomic mass is 32.1. The van der Waals surface area contributed by atoms with Gasteiger partial charge < -0.3 is 9.64 Å². The summed E-state index contributed by atoms with van der Waals surface area (Å²) in [6.45, 7) is 0.666. The van der Waals surface area contributed by atoms with Crippen LogP contribution in [0.4, 0.5) is 4.79 Å². The zero-order valence-corrected chi connectivity index (χ0v) is 7.50. The average molecular weight is 183 g/mol. The van der Waals surface area contributed by atoms with E-state index in [1.807, 2.05) is 17.5 Å². The van der Waals surface area contributed by atoms with Crippen molar-refractivity contribution in [1.29, 1.82) is 0 Å². The van der Waals surface area contributed by atoms with Crippen molar-refractivity contribution in [3.8, 4) is 0 Å². The normalized spacial score (nSPS) is 22.9. The van der Waals surface area contributed by atoms with Crippen LogP contribution in [-0.2, 0) is 4.74 Å². The molecule has 2 rings (SSSR count). The van der Waals surface area contributed by atoms with Crippen molar-refractivity contribution in [3.05, 3.63) is 22.4 Å². The summed E-state index contributed by atoms with van der Waals surface area (Å²) in [7, 11) is 1.75. The molecule has 0 aliphatic carbocycles. The fourth-order valence-corrected chi connectivity index (χ4v) is 1.94. The number of hydrogen-bond acceptors (Lipinski definition) is 3. The molecule has 1 aliphatic heterocycles. The third kappa shape index (κ3) is 1.18. The van der Waals surface area contributed by atoms with Crippen LogP contribution in [0, 0.1) is 0 Å². The minimum absolute atomic E-state index is 0.0532. The zero-order valence-electron chi connectivity index (χ0n) is 6.69. The summed E-state index contributed by atoms with van der Waals surface area (Å²) in [4.78, 5) is 13.7. The fourth-order valence-electron chi connectivity index (χ4n) is 1.19. The number of thiophene rings is 1. The molecule has 1 amide bonds. The summed E-state index contributed by atoms with van der Waals surface area (Å²) in [5.41, 5.74) is 0. The molecule has 1 aliphatic rings. The standard InChI is InChI=1S/C8H9NO2S/c1-9-5-6(11-8(9)10)7-3-2-4-12-7/h2-4,6H,5H2,1H3. The molecule has 1 aromatic rings. The van der Waals surface area contributed by atoms with Crippen LogP contribution in [0.2, 0.25) is 0 Å². The van der Waals surface area contributed by atoms with Gasteiger partial charge in [-0.25, -0.2) is 4.79 Å². The molecule has 0 spiro atoms. The third-order valence-corrected chi connectivity index (χ3v) is 2.82. The zero-order chi connectivity index (χ0) is 8.55. The Bertz CT molecular complexity index is 283. The summed E-state index contributed by atoms with van der Waals surface area (Å²) >= 11 is 1.62. The maximum Gasteiger partial charge on any atom is 0.410 e. The molecule has 0 bridgehead atoms. The van der Waals surface area contributed by atoms with Crippen LogP contribution in [-0.4, -0.2) is 24.6 Å². The van der Waals surface area contributed by atoms with Gasteiger partial charge in [0.05, 0.1) is 6.54 Å². The molecule has 4 heteroatoms. The van der Waals surface area contributed by atoms with E-state index in [1.54, 1.807) is 23.3 Å². The summed E-state index contributed by atoms with van der Waals surface area (Å²) in [6.07, 6.45) is -0.282. The smallest absolute Gasteiger partial charge is 0.410 e. The Morgan fingerprint density at radius 1 is 1.75 bits per heavy atom. The number of rotatable bonds is 1. The maximum absolute atomic E-state index is 11.0. The van der Waals surface area contributed by atoms with Crippen molar-refractivity contribution in [1.82, 2.24) is 4.90 Å². The molecule has 0 radical (unpaired) electrons. The second-order valence-corrected chi connectivity index (χ2v) is 3.75. The lowest BCUT2D eigenvalue weighted by Crippen LogP contribution is -2.17.